The first kappa shape index (κ1) is 22.6. The maximum absolute atomic E-state index is 12.5. The summed E-state index contributed by atoms with van der Waals surface area (Å²) in [4.78, 5) is 43.0. The van der Waals surface area contributed by atoms with Gasteiger partial charge in [-0.1, -0.05) is 12.1 Å². The number of hydrogen-bond acceptors (Lipinski definition) is 7. The van der Waals surface area contributed by atoms with E-state index in [0.717, 1.165) is 50.4 Å². The van der Waals surface area contributed by atoms with Crippen molar-refractivity contribution in [2.45, 2.75) is 64.1 Å². The van der Waals surface area contributed by atoms with Gasteiger partial charge >= 0.3 is 5.97 Å². The van der Waals surface area contributed by atoms with Crippen molar-refractivity contribution in [2.24, 2.45) is 0 Å². The van der Waals surface area contributed by atoms with Crippen LogP contribution in [0.1, 0.15) is 46.5 Å². The van der Waals surface area contributed by atoms with Crippen LogP contribution in [0.15, 0.2) is 24.3 Å². The largest absolute Gasteiger partial charge is 0.459 e. The van der Waals surface area contributed by atoms with Crippen LogP contribution >= 0.6 is 0 Å². The Bertz CT molecular complexity index is 873. The molecule has 32 heavy (non-hydrogen) atoms. The fourth-order valence-corrected chi connectivity index (χ4v) is 5.03. The minimum Gasteiger partial charge on any atom is -0.459 e. The number of rotatable bonds is 4. The number of nitrogens with one attached hydrogen (secondary N) is 1. The molecule has 1 N–H and O–H groups in total. The summed E-state index contributed by atoms with van der Waals surface area (Å²) < 4.78 is 5.46. The average Bonchev–Trinajstić information content (AvgIpc) is 2.73. The van der Waals surface area contributed by atoms with Crippen molar-refractivity contribution in [1.29, 1.82) is 0 Å². The number of amides is 2. The van der Waals surface area contributed by atoms with Crippen molar-refractivity contribution in [1.82, 2.24) is 10.2 Å². The van der Waals surface area contributed by atoms with Crippen LogP contribution in [0.4, 0.5) is 11.4 Å². The van der Waals surface area contributed by atoms with Crippen molar-refractivity contribution in [3.8, 4) is 0 Å². The van der Waals surface area contributed by atoms with Gasteiger partial charge in [-0.25, -0.2) is 0 Å². The molecular formula is C24H34N4O4. The zero-order valence-electron chi connectivity index (χ0n) is 19.3. The number of ether oxygens (including phenoxy) is 1. The van der Waals surface area contributed by atoms with Gasteiger partial charge in [0.05, 0.1) is 17.9 Å². The highest BCUT2D eigenvalue weighted by Gasteiger charge is 2.37. The van der Waals surface area contributed by atoms with Gasteiger partial charge in [0, 0.05) is 38.6 Å². The van der Waals surface area contributed by atoms with E-state index in [1.165, 1.54) is 0 Å². The number of hydrogen-bond donors (Lipinski definition) is 1. The molecule has 4 rings (SSSR count). The lowest BCUT2D eigenvalue weighted by atomic mass is 9.98. The lowest BCUT2D eigenvalue weighted by molar-refractivity contribution is -0.156. The molecule has 0 aromatic heterocycles. The number of anilines is 2. The summed E-state index contributed by atoms with van der Waals surface area (Å²) in [6.07, 6.45) is 2.90. The number of fused-ring (bicyclic) bond motifs is 1. The number of benzene rings is 1. The van der Waals surface area contributed by atoms with Crippen LogP contribution in [-0.4, -0.2) is 73.1 Å². The molecule has 2 saturated heterocycles. The van der Waals surface area contributed by atoms with Crippen LogP contribution in [0.5, 0.6) is 0 Å². The SMILES string of the molecule is CC(C)(C)OC(=O)CN1CCC(N2CCN(C3CCC(=O)NC3=O)c3ccccc32)CC1. The Morgan fingerprint density at radius 3 is 2.25 bits per heavy atom. The van der Waals surface area contributed by atoms with Crippen molar-refractivity contribution in [3.63, 3.8) is 0 Å². The predicted octanol–water partition coefficient (Wildman–Crippen LogP) is 1.92. The summed E-state index contributed by atoms with van der Waals surface area (Å²) in [5.41, 5.74) is 1.75. The molecule has 1 unspecified atom stereocenters. The highest BCUT2D eigenvalue weighted by Crippen LogP contribution is 2.38. The lowest BCUT2D eigenvalue weighted by Crippen LogP contribution is -2.57. The van der Waals surface area contributed by atoms with Crippen LogP contribution in [0.3, 0.4) is 0 Å². The molecular weight excluding hydrogens is 408 g/mol. The van der Waals surface area contributed by atoms with Crippen molar-refractivity contribution < 1.29 is 19.1 Å². The molecule has 0 saturated carbocycles. The average molecular weight is 443 g/mol. The first-order valence-electron chi connectivity index (χ1n) is 11.6. The van der Waals surface area contributed by atoms with E-state index in [1.54, 1.807) is 0 Å². The fraction of sp³-hybridized carbons (Fsp3) is 0.625. The summed E-state index contributed by atoms with van der Waals surface area (Å²) in [6.45, 7) is 9.32. The van der Waals surface area contributed by atoms with Crippen LogP contribution in [-0.2, 0) is 19.1 Å². The molecule has 0 spiro atoms. The summed E-state index contributed by atoms with van der Waals surface area (Å²) in [6, 6.07) is 8.34. The van der Waals surface area contributed by atoms with E-state index in [1.807, 2.05) is 32.9 Å². The second-order valence-corrected chi connectivity index (χ2v) is 9.94. The number of likely N-dealkylation sites (tertiary alicyclic amines) is 1. The Hall–Kier alpha value is -2.61. The maximum atomic E-state index is 12.5. The van der Waals surface area contributed by atoms with E-state index >= 15 is 0 Å². The third-order valence-electron chi connectivity index (χ3n) is 6.44. The molecule has 174 valence electrons. The fourth-order valence-electron chi connectivity index (χ4n) is 5.03. The van der Waals surface area contributed by atoms with Gasteiger partial charge in [-0.3, -0.25) is 24.6 Å². The Labute approximate surface area is 189 Å². The molecule has 8 heteroatoms. The molecule has 0 bridgehead atoms. The summed E-state index contributed by atoms with van der Waals surface area (Å²) in [5.74, 6) is -0.546. The van der Waals surface area contributed by atoms with Crippen LogP contribution in [0.25, 0.3) is 0 Å². The number of piperidine rings is 2. The van der Waals surface area contributed by atoms with Gasteiger partial charge < -0.3 is 14.5 Å². The highest BCUT2D eigenvalue weighted by atomic mass is 16.6. The third kappa shape index (κ3) is 5.06. The summed E-state index contributed by atoms with van der Waals surface area (Å²) in [7, 11) is 0. The van der Waals surface area contributed by atoms with Crippen molar-refractivity contribution in [2.75, 3.05) is 42.5 Å². The smallest absolute Gasteiger partial charge is 0.320 e. The Kier molecular flexibility index (Phi) is 6.42. The number of nitrogens with zero attached hydrogens (tertiary/aromatic N) is 3. The molecule has 1 atom stereocenters. The van der Waals surface area contributed by atoms with E-state index < -0.39 is 5.60 Å². The van der Waals surface area contributed by atoms with Gasteiger partial charge in [0.1, 0.15) is 11.6 Å². The van der Waals surface area contributed by atoms with Crippen LogP contribution < -0.4 is 15.1 Å². The molecule has 3 aliphatic rings. The van der Waals surface area contributed by atoms with E-state index in [-0.39, 0.29) is 23.8 Å². The van der Waals surface area contributed by atoms with Gasteiger partial charge in [-0.15, -0.1) is 0 Å². The van der Waals surface area contributed by atoms with Crippen LogP contribution in [0.2, 0.25) is 0 Å². The van der Waals surface area contributed by atoms with E-state index in [9.17, 15) is 14.4 Å². The first-order chi connectivity index (χ1) is 15.2. The summed E-state index contributed by atoms with van der Waals surface area (Å²) in [5, 5.41) is 2.49. The second kappa shape index (κ2) is 9.10. The number of carbonyl (C=O) groups excluding carboxylic acids is 3. The Morgan fingerprint density at radius 1 is 1.00 bits per heavy atom. The minimum absolute atomic E-state index is 0.167. The molecule has 1 aromatic rings. The van der Waals surface area contributed by atoms with Gasteiger partial charge in [0.15, 0.2) is 0 Å². The normalized spacial score (nSPS) is 23.0. The van der Waals surface area contributed by atoms with Crippen LogP contribution in [0, 0.1) is 0 Å². The highest BCUT2D eigenvalue weighted by molar-refractivity contribution is 6.02. The number of imide groups is 1. The Balaban J connectivity index is 1.40. The third-order valence-corrected chi connectivity index (χ3v) is 6.44. The van der Waals surface area contributed by atoms with Gasteiger partial charge in [-0.05, 0) is 52.2 Å². The first-order valence-corrected chi connectivity index (χ1v) is 11.6. The van der Waals surface area contributed by atoms with Crippen molar-refractivity contribution in [3.05, 3.63) is 24.3 Å². The molecule has 0 aliphatic carbocycles. The zero-order chi connectivity index (χ0) is 22.9. The number of carbonyl (C=O) groups is 3. The monoisotopic (exact) mass is 442 g/mol. The Morgan fingerprint density at radius 2 is 1.62 bits per heavy atom. The number of para-hydroxylation sites is 2. The molecule has 3 aliphatic heterocycles. The van der Waals surface area contributed by atoms with Gasteiger partial charge in [0.2, 0.25) is 11.8 Å². The van der Waals surface area contributed by atoms with Gasteiger partial charge in [-0.2, -0.15) is 0 Å². The molecule has 3 heterocycles. The maximum Gasteiger partial charge on any atom is 0.320 e. The topological polar surface area (TPSA) is 82.2 Å². The standard InChI is InChI=1S/C24H34N4O4/c1-24(2,3)32-22(30)16-26-12-10-17(11-13-26)27-14-15-28(19-7-5-4-6-18(19)27)20-8-9-21(29)25-23(20)31/h4-7,17,20H,8-16H2,1-3H3,(H,25,29,31). The van der Waals surface area contributed by atoms with E-state index in [4.69, 9.17) is 4.74 Å². The zero-order valence-corrected chi connectivity index (χ0v) is 19.3. The molecule has 8 nitrogen and oxygen atoms in total. The molecule has 0 radical (unpaired) electrons. The van der Waals surface area contributed by atoms with Crippen molar-refractivity contribution >= 4 is 29.2 Å². The summed E-state index contributed by atoms with van der Waals surface area (Å²) >= 11 is 0. The predicted molar refractivity (Wildman–Crippen MR) is 123 cm³/mol. The molecule has 2 fully saturated rings. The minimum atomic E-state index is -0.457. The van der Waals surface area contributed by atoms with E-state index in [2.05, 4.69) is 32.1 Å². The van der Waals surface area contributed by atoms with Gasteiger partial charge in [0.25, 0.3) is 0 Å². The lowest BCUT2D eigenvalue weighted by Gasteiger charge is -2.47. The molecule has 1 aromatic carbocycles. The second-order valence-electron chi connectivity index (χ2n) is 9.94. The quantitative estimate of drug-likeness (QED) is 0.564. The molecule has 2 amide bonds. The van der Waals surface area contributed by atoms with E-state index in [0.29, 0.717) is 25.4 Å². The number of esters is 1.